The largest absolute Gasteiger partial charge is 0.323 e. The van der Waals surface area contributed by atoms with Gasteiger partial charge in [0.1, 0.15) is 5.82 Å². The first-order valence-electron chi connectivity index (χ1n) is 7.63. The van der Waals surface area contributed by atoms with Crippen molar-refractivity contribution in [1.29, 1.82) is 0 Å². The van der Waals surface area contributed by atoms with Crippen LogP contribution in [-0.4, -0.2) is 15.9 Å². The molecule has 4 nitrogen and oxygen atoms in total. The number of halogens is 1. The Labute approximate surface area is 139 Å². The van der Waals surface area contributed by atoms with Gasteiger partial charge in [-0.15, -0.1) is 0 Å². The van der Waals surface area contributed by atoms with E-state index < -0.39 is 0 Å². The topological polar surface area (TPSA) is 54.9 Å². The third-order valence-electron chi connectivity index (χ3n) is 3.55. The van der Waals surface area contributed by atoms with Gasteiger partial charge in [-0.1, -0.05) is 48.5 Å². The molecule has 0 radical (unpaired) electrons. The first-order chi connectivity index (χ1) is 11.7. The monoisotopic (exact) mass is 321 g/mol. The van der Waals surface area contributed by atoms with Gasteiger partial charge in [-0.2, -0.15) is 0 Å². The van der Waals surface area contributed by atoms with Crippen molar-refractivity contribution in [1.82, 2.24) is 9.97 Å². The van der Waals surface area contributed by atoms with E-state index in [0.717, 1.165) is 5.56 Å². The van der Waals surface area contributed by atoms with Crippen LogP contribution in [0.2, 0.25) is 0 Å². The number of nitrogens with zero attached hydrogens (tertiary/aromatic N) is 2. The molecule has 5 heteroatoms. The lowest BCUT2D eigenvalue weighted by Gasteiger charge is -2.06. The fourth-order valence-electron chi connectivity index (χ4n) is 2.30. The number of anilines is 1. The van der Waals surface area contributed by atoms with Crippen LogP contribution in [-0.2, 0) is 11.2 Å². The van der Waals surface area contributed by atoms with Crippen LogP contribution in [0.3, 0.4) is 0 Å². The molecular weight excluding hydrogens is 305 g/mol. The number of benzene rings is 2. The Bertz CT molecular complexity index is 820. The second-order valence-electron chi connectivity index (χ2n) is 5.30. The number of nitrogens with one attached hydrogen (secondary N) is 1. The minimum absolute atomic E-state index is 0.196. The van der Waals surface area contributed by atoms with Crippen molar-refractivity contribution >= 4 is 11.6 Å². The molecule has 0 aliphatic carbocycles. The number of hydrogen-bond donors (Lipinski definition) is 1. The minimum atomic E-state index is -0.291. The molecule has 0 atom stereocenters. The molecule has 1 amide bonds. The molecule has 1 aromatic heterocycles. The number of aromatic nitrogens is 2. The molecule has 0 fully saturated rings. The standard InChI is InChI=1S/C19H16FN3O/c20-17-9-5-4-6-14(17)10-11-18(24)23-16-12-21-19(22-13-16)15-7-2-1-3-8-15/h1-9,12-13H,10-11H2,(H,23,24). The van der Waals surface area contributed by atoms with Gasteiger partial charge in [0, 0.05) is 12.0 Å². The van der Waals surface area contributed by atoms with E-state index in [1.165, 1.54) is 6.07 Å². The molecule has 3 rings (SSSR count). The highest BCUT2D eigenvalue weighted by Crippen LogP contribution is 2.15. The smallest absolute Gasteiger partial charge is 0.224 e. The van der Waals surface area contributed by atoms with E-state index in [4.69, 9.17) is 0 Å². The van der Waals surface area contributed by atoms with Crippen molar-refractivity contribution in [2.45, 2.75) is 12.8 Å². The highest BCUT2D eigenvalue weighted by molar-refractivity contribution is 5.90. The lowest BCUT2D eigenvalue weighted by Crippen LogP contribution is -2.13. The molecule has 0 spiro atoms. The lowest BCUT2D eigenvalue weighted by molar-refractivity contribution is -0.116. The average molecular weight is 321 g/mol. The molecule has 1 N–H and O–H groups in total. The quantitative estimate of drug-likeness (QED) is 0.776. The average Bonchev–Trinajstić information content (AvgIpc) is 2.62. The fraction of sp³-hybridized carbons (Fsp3) is 0.105. The highest BCUT2D eigenvalue weighted by atomic mass is 19.1. The summed E-state index contributed by atoms with van der Waals surface area (Å²) < 4.78 is 13.5. The van der Waals surface area contributed by atoms with Crippen molar-refractivity contribution < 1.29 is 9.18 Å². The van der Waals surface area contributed by atoms with Crippen LogP contribution in [0.25, 0.3) is 11.4 Å². The van der Waals surface area contributed by atoms with E-state index in [1.54, 1.807) is 30.6 Å². The molecule has 120 valence electrons. The van der Waals surface area contributed by atoms with Gasteiger partial charge in [0.05, 0.1) is 18.1 Å². The van der Waals surface area contributed by atoms with E-state index in [9.17, 15) is 9.18 Å². The zero-order valence-electron chi connectivity index (χ0n) is 12.9. The van der Waals surface area contributed by atoms with Gasteiger partial charge in [0.2, 0.25) is 5.91 Å². The van der Waals surface area contributed by atoms with Crippen LogP contribution in [0.5, 0.6) is 0 Å². The van der Waals surface area contributed by atoms with Crippen LogP contribution in [0.15, 0.2) is 67.0 Å². The third-order valence-corrected chi connectivity index (χ3v) is 3.55. The number of aryl methyl sites for hydroxylation is 1. The van der Waals surface area contributed by atoms with E-state index in [2.05, 4.69) is 15.3 Å². The molecule has 0 bridgehead atoms. The van der Waals surface area contributed by atoms with Crippen LogP contribution >= 0.6 is 0 Å². The summed E-state index contributed by atoms with van der Waals surface area (Å²) in [6.45, 7) is 0. The van der Waals surface area contributed by atoms with Gasteiger partial charge in [0.25, 0.3) is 0 Å². The Hall–Kier alpha value is -3.08. The maximum atomic E-state index is 13.5. The van der Waals surface area contributed by atoms with Gasteiger partial charge in [-0.25, -0.2) is 14.4 Å². The summed E-state index contributed by atoms with van der Waals surface area (Å²) in [5.74, 6) is 0.107. The molecule has 0 saturated heterocycles. The summed E-state index contributed by atoms with van der Waals surface area (Å²) in [4.78, 5) is 20.5. The number of hydrogen-bond acceptors (Lipinski definition) is 3. The second kappa shape index (κ2) is 7.46. The summed E-state index contributed by atoms with van der Waals surface area (Å²) in [5.41, 5.74) is 1.96. The van der Waals surface area contributed by atoms with Gasteiger partial charge < -0.3 is 5.32 Å². The Balaban J connectivity index is 1.58. The lowest BCUT2D eigenvalue weighted by atomic mass is 10.1. The Morgan fingerprint density at radius 1 is 0.958 bits per heavy atom. The van der Waals surface area contributed by atoms with Crippen LogP contribution in [0.4, 0.5) is 10.1 Å². The maximum Gasteiger partial charge on any atom is 0.224 e. The maximum absolute atomic E-state index is 13.5. The van der Waals surface area contributed by atoms with E-state index in [-0.39, 0.29) is 18.1 Å². The predicted octanol–water partition coefficient (Wildman–Crippen LogP) is 3.85. The van der Waals surface area contributed by atoms with Crippen LogP contribution < -0.4 is 5.32 Å². The van der Waals surface area contributed by atoms with Crippen molar-refractivity contribution in [3.8, 4) is 11.4 Å². The van der Waals surface area contributed by atoms with Crippen molar-refractivity contribution in [3.05, 3.63) is 78.4 Å². The summed E-state index contributed by atoms with van der Waals surface area (Å²) >= 11 is 0. The van der Waals surface area contributed by atoms with Crippen molar-refractivity contribution in [2.24, 2.45) is 0 Å². The summed E-state index contributed by atoms with van der Waals surface area (Å²) in [6, 6.07) is 16.0. The molecule has 3 aromatic rings. The van der Waals surface area contributed by atoms with Crippen molar-refractivity contribution in [2.75, 3.05) is 5.32 Å². The molecule has 0 unspecified atom stereocenters. The summed E-state index contributed by atoms with van der Waals surface area (Å²) in [7, 11) is 0. The Morgan fingerprint density at radius 3 is 2.33 bits per heavy atom. The second-order valence-corrected chi connectivity index (χ2v) is 5.30. The predicted molar refractivity (Wildman–Crippen MR) is 90.8 cm³/mol. The molecule has 2 aromatic carbocycles. The SMILES string of the molecule is O=C(CCc1ccccc1F)Nc1cnc(-c2ccccc2)nc1. The van der Waals surface area contributed by atoms with Gasteiger partial charge in [-0.3, -0.25) is 4.79 Å². The first-order valence-corrected chi connectivity index (χ1v) is 7.63. The van der Waals surface area contributed by atoms with Gasteiger partial charge in [0.15, 0.2) is 5.82 Å². The highest BCUT2D eigenvalue weighted by Gasteiger charge is 2.07. The van der Waals surface area contributed by atoms with E-state index >= 15 is 0 Å². The normalized spacial score (nSPS) is 10.4. The molecular formula is C19H16FN3O. The Morgan fingerprint density at radius 2 is 1.62 bits per heavy atom. The molecule has 1 heterocycles. The third kappa shape index (κ3) is 4.01. The van der Waals surface area contributed by atoms with Crippen molar-refractivity contribution in [3.63, 3.8) is 0 Å². The minimum Gasteiger partial charge on any atom is -0.323 e. The van der Waals surface area contributed by atoms with Gasteiger partial charge >= 0.3 is 0 Å². The number of carbonyl (C=O) groups excluding carboxylic acids is 1. The van der Waals surface area contributed by atoms with E-state index in [0.29, 0.717) is 23.5 Å². The zero-order valence-corrected chi connectivity index (χ0v) is 12.9. The van der Waals surface area contributed by atoms with Crippen LogP contribution in [0.1, 0.15) is 12.0 Å². The zero-order chi connectivity index (χ0) is 16.8. The molecule has 0 aliphatic rings. The molecule has 24 heavy (non-hydrogen) atoms. The van der Waals surface area contributed by atoms with E-state index in [1.807, 2.05) is 30.3 Å². The Kier molecular flexibility index (Phi) is 4.91. The number of carbonyl (C=O) groups is 1. The van der Waals surface area contributed by atoms with Gasteiger partial charge in [-0.05, 0) is 18.1 Å². The summed E-state index contributed by atoms with van der Waals surface area (Å²) in [5, 5.41) is 2.72. The fourth-order valence-corrected chi connectivity index (χ4v) is 2.30. The molecule has 0 aliphatic heterocycles. The molecule has 0 saturated carbocycles. The number of rotatable bonds is 5. The number of amides is 1. The first kappa shape index (κ1) is 15.8. The summed E-state index contributed by atoms with van der Waals surface area (Å²) in [6.07, 6.45) is 3.68. The van der Waals surface area contributed by atoms with Crippen LogP contribution in [0, 0.1) is 5.82 Å².